The van der Waals surface area contributed by atoms with Crippen LogP contribution in [0.5, 0.6) is 0 Å². The maximum absolute atomic E-state index is 6.08. The first-order valence-corrected chi connectivity index (χ1v) is 6.41. The molecule has 0 aromatic carbocycles. The zero-order chi connectivity index (χ0) is 13.8. The predicted octanol–water partition coefficient (Wildman–Crippen LogP) is 3.14. The second-order valence-electron chi connectivity index (χ2n) is 3.90. The third kappa shape index (κ3) is 3.45. The van der Waals surface area contributed by atoms with E-state index in [0.717, 1.165) is 11.4 Å². The van der Waals surface area contributed by atoms with Gasteiger partial charge in [0.2, 0.25) is 0 Å². The normalized spacial score (nSPS) is 10.3. The van der Waals surface area contributed by atoms with E-state index in [1.807, 2.05) is 6.92 Å². The standard InChI is InChI=1S/C12H13Cl2N5/c1-7-4-17-8(5-16-7)6-18-12-10(14)3-9(13)11(15-2)19-12/h3-5H,6H2,1-2H3,(H2,15,18,19). The molecule has 0 amide bonds. The molecule has 0 fully saturated rings. The maximum atomic E-state index is 6.08. The molecular formula is C12H13Cl2N5. The number of halogens is 2. The highest BCUT2D eigenvalue weighted by Crippen LogP contribution is 2.28. The average molecular weight is 298 g/mol. The number of nitrogens with one attached hydrogen (secondary N) is 2. The quantitative estimate of drug-likeness (QED) is 0.908. The van der Waals surface area contributed by atoms with Crippen LogP contribution in [0.25, 0.3) is 0 Å². The molecule has 7 heteroatoms. The minimum absolute atomic E-state index is 0.462. The molecule has 0 aliphatic carbocycles. The molecule has 0 saturated heterocycles. The first-order chi connectivity index (χ1) is 9.10. The van der Waals surface area contributed by atoms with Crippen molar-refractivity contribution in [2.24, 2.45) is 0 Å². The van der Waals surface area contributed by atoms with Crippen molar-refractivity contribution in [3.05, 3.63) is 39.9 Å². The van der Waals surface area contributed by atoms with Crippen LogP contribution < -0.4 is 10.6 Å². The van der Waals surface area contributed by atoms with E-state index < -0.39 is 0 Å². The Balaban J connectivity index is 2.13. The minimum Gasteiger partial charge on any atom is -0.372 e. The van der Waals surface area contributed by atoms with E-state index in [1.165, 1.54) is 0 Å². The van der Waals surface area contributed by atoms with Crippen LogP contribution in [0.4, 0.5) is 11.6 Å². The number of rotatable bonds is 4. The highest BCUT2D eigenvalue weighted by atomic mass is 35.5. The van der Waals surface area contributed by atoms with E-state index in [-0.39, 0.29) is 0 Å². The number of hydrogen-bond acceptors (Lipinski definition) is 5. The molecule has 0 aliphatic rings. The number of aryl methyl sites for hydroxylation is 1. The van der Waals surface area contributed by atoms with Crippen LogP contribution in [0.3, 0.4) is 0 Å². The smallest absolute Gasteiger partial charge is 0.147 e. The fourth-order valence-corrected chi connectivity index (χ4v) is 1.97. The second kappa shape index (κ2) is 6.04. The summed E-state index contributed by atoms with van der Waals surface area (Å²) in [6, 6.07) is 1.64. The van der Waals surface area contributed by atoms with Gasteiger partial charge in [-0.05, 0) is 13.0 Å². The van der Waals surface area contributed by atoms with Crippen LogP contribution in [0.2, 0.25) is 10.0 Å². The summed E-state index contributed by atoms with van der Waals surface area (Å²) in [7, 11) is 1.75. The van der Waals surface area contributed by atoms with Gasteiger partial charge in [-0.25, -0.2) is 4.98 Å². The van der Waals surface area contributed by atoms with Crippen LogP contribution in [0.1, 0.15) is 11.4 Å². The van der Waals surface area contributed by atoms with Crippen molar-refractivity contribution in [3.63, 3.8) is 0 Å². The molecule has 19 heavy (non-hydrogen) atoms. The van der Waals surface area contributed by atoms with Crippen molar-refractivity contribution >= 4 is 34.8 Å². The van der Waals surface area contributed by atoms with E-state index in [4.69, 9.17) is 23.2 Å². The SMILES string of the molecule is CNc1nc(NCc2cnc(C)cn2)c(Cl)cc1Cl. The van der Waals surface area contributed by atoms with E-state index in [0.29, 0.717) is 28.2 Å². The fraction of sp³-hybridized carbons (Fsp3) is 0.250. The van der Waals surface area contributed by atoms with Crippen molar-refractivity contribution in [1.82, 2.24) is 15.0 Å². The van der Waals surface area contributed by atoms with E-state index in [1.54, 1.807) is 25.5 Å². The number of nitrogens with zero attached hydrogens (tertiary/aromatic N) is 3. The second-order valence-corrected chi connectivity index (χ2v) is 4.72. The van der Waals surface area contributed by atoms with Crippen LogP contribution >= 0.6 is 23.2 Å². The lowest BCUT2D eigenvalue weighted by atomic mass is 10.4. The van der Waals surface area contributed by atoms with Crippen LogP contribution in [-0.4, -0.2) is 22.0 Å². The Morgan fingerprint density at radius 3 is 2.47 bits per heavy atom. The summed E-state index contributed by atoms with van der Waals surface area (Å²) < 4.78 is 0. The summed E-state index contributed by atoms with van der Waals surface area (Å²) in [6.45, 7) is 2.38. The van der Waals surface area contributed by atoms with Gasteiger partial charge in [-0.1, -0.05) is 23.2 Å². The molecule has 2 aromatic rings. The Labute approximate surface area is 121 Å². The molecule has 2 N–H and O–H groups in total. The third-order valence-electron chi connectivity index (χ3n) is 2.44. The molecule has 0 radical (unpaired) electrons. The summed E-state index contributed by atoms with van der Waals surface area (Å²) in [5.74, 6) is 1.13. The van der Waals surface area contributed by atoms with Gasteiger partial charge in [-0.3, -0.25) is 9.97 Å². The van der Waals surface area contributed by atoms with Gasteiger partial charge in [-0.2, -0.15) is 0 Å². The largest absolute Gasteiger partial charge is 0.372 e. The van der Waals surface area contributed by atoms with E-state index in [9.17, 15) is 0 Å². The topological polar surface area (TPSA) is 62.7 Å². The third-order valence-corrected chi connectivity index (χ3v) is 3.01. The lowest BCUT2D eigenvalue weighted by Crippen LogP contribution is -2.06. The predicted molar refractivity (Wildman–Crippen MR) is 77.9 cm³/mol. The molecule has 0 aliphatic heterocycles. The van der Waals surface area contributed by atoms with Crippen molar-refractivity contribution in [2.75, 3.05) is 17.7 Å². The van der Waals surface area contributed by atoms with Gasteiger partial charge in [0.05, 0.1) is 34.2 Å². The van der Waals surface area contributed by atoms with Gasteiger partial charge in [0.1, 0.15) is 11.6 Å². The zero-order valence-corrected chi connectivity index (χ0v) is 12.0. The van der Waals surface area contributed by atoms with Crippen molar-refractivity contribution in [2.45, 2.75) is 13.5 Å². The maximum Gasteiger partial charge on any atom is 0.147 e. The summed E-state index contributed by atoms with van der Waals surface area (Å²) >= 11 is 12.1. The molecular weight excluding hydrogens is 285 g/mol. The Bertz CT molecular complexity index is 571. The molecule has 2 heterocycles. The van der Waals surface area contributed by atoms with Gasteiger partial charge >= 0.3 is 0 Å². The first-order valence-electron chi connectivity index (χ1n) is 5.65. The van der Waals surface area contributed by atoms with Crippen LogP contribution in [-0.2, 0) is 6.54 Å². The summed E-state index contributed by atoms with van der Waals surface area (Å²) in [5.41, 5.74) is 1.69. The Kier molecular flexibility index (Phi) is 4.39. The lowest BCUT2D eigenvalue weighted by molar-refractivity contribution is 0.977. The molecule has 2 aromatic heterocycles. The van der Waals surface area contributed by atoms with Gasteiger partial charge in [0, 0.05) is 13.2 Å². The van der Waals surface area contributed by atoms with E-state index in [2.05, 4.69) is 25.6 Å². The highest BCUT2D eigenvalue weighted by molar-refractivity contribution is 6.37. The number of anilines is 2. The van der Waals surface area contributed by atoms with Crippen LogP contribution in [0.15, 0.2) is 18.5 Å². The molecule has 2 rings (SSSR count). The van der Waals surface area contributed by atoms with Gasteiger partial charge in [0.25, 0.3) is 0 Å². The zero-order valence-electron chi connectivity index (χ0n) is 10.5. The summed E-state index contributed by atoms with van der Waals surface area (Å²) in [4.78, 5) is 12.7. The molecule has 5 nitrogen and oxygen atoms in total. The van der Waals surface area contributed by atoms with Crippen molar-refractivity contribution in [1.29, 1.82) is 0 Å². The molecule has 0 unspecified atom stereocenters. The Morgan fingerprint density at radius 2 is 1.84 bits per heavy atom. The average Bonchev–Trinajstić information content (AvgIpc) is 2.40. The molecule has 0 atom stereocenters. The number of pyridine rings is 1. The van der Waals surface area contributed by atoms with Gasteiger partial charge < -0.3 is 10.6 Å². The molecule has 0 bridgehead atoms. The number of hydrogen-bond donors (Lipinski definition) is 2. The molecule has 0 saturated carbocycles. The summed E-state index contributed by atoms with van der Waals surface area (Å²) in [5, 5.41) is 6.95. The monoisotopic (exact) mass is 297 g/mol. The van der Waals surface area contributed by atoms with Crippen molar-refractivity contribution < 1.29 is 0 Å². The van der Waals surface area contributed by atoms with Crippen molar-refractivity contribution in [3.8, 4) is 0 Å². The number of aromatic nitrogens is 3. The van der Waals surface area contributed by atoms with E-state index >= 15 is 0 Å². The fourth-order valence-electron chi connectivity index (χ4n) is 1.45. The lowest BCUT2D eigenvalue weighted by Gasteiger charge is -2.10. The molecule has 100 valence electrons. The molecule has 0 spiro atoms. The highest BCUT2D eigenvalue weighted by Gasteiger charge is 2.08. The summed E-state index contributed by atoms with van der Waals surface area (Å²) in [6.07, 6.45) is 3.43. The van der Waals surface area contributed by atoms with Gasteiger partial charge in [0.15, 0.2) is 0 Å². The first kappa shape index (κ1) is 13.8. The van der Waals surface area contributed by atoms with Crippen LogP contribution in [0, 0.1) is 6.92 Å². The van der Waals surface area contributed by atoms with Gasteiger partial charge in [-0.15, -0.1) is 0 Å². The Morgan fingerprint density at radius 1 is 1.11 bits per heavy atom. The minimum atomic E-state index is 0.462. The Hall–Kier alpha value is -1.59.